The lowest BCUT2D eigenvalue weighted by Gasteiger charge is -2.04. The Morgan fingerprint density at radius 3 is 1.37 bits per heavy atom. The molecule has 0 fully saturated rings. The van der Waals surface area contributed by atoms with Gasteiger partial charge in [-0.2, -0.15) is 16.8 Å². The van der Waals surface area contributed by atoms with Crippen LogP contribution in [0.3, 0.4) is 0 Å². The molecule has 0 bridgehead atoms. The second-order valence-electron chi connectivity index (χ2n) is 5.43. The van der Waals surface area contributed by atoms with Crippen molar-refractivity contribution in [2.75, 3.05) is 18.3 Å². The van der Waals surface area contributed by atoms with Crippen molar-refractivity contribution < 1.29 is 25.2 Å². The van der Waals surface area contributed by atoms with E-state index in [0.29, 0.717) is 0 Å². The average molecular weight is 408 g/mol. The van der Waals surface area contributed by atoms with Crippen molar-refractivity contribution in [1.29, 1.82) is 0 Å². The quantitative estimate of drug-likeness (QED) is 0.444. The van der Waals surface area contributed by atoms with Crippen LogP contribution in [0.5, 0.6) is 0 Å². The molecule has 8 heteroatoms. The van der Waals surface area contributed by atoms with Gasteiger partial charge in [-0.05, 0) is 11.1 Å². The van der Waals surface area contributed by atoms with Crippen LogP contribution in [-0.2, 0) is 28.6 Å². The van der Waals surface area contributed by atoms with Gasteiger partial charge in [0.15, 0.2) is 6.79 Å². The smallest absolute Gasteiger partial charge is 0.240 e. The molecule has 2 aromatic rings. The SMILES string of the molecule is O=S(=O)(C/C=C/c1ccccc1)OCOS(=O)(=O)C/C=C/c1ccccc1. The maximum absolute atomic E-state index is 11.7. The van der Waals surface area contributed by atoms with Crippen molar-refractivity contribution in [3.05, 3.63) is 83.9 Å². The lowest BCUT2D eigenvalue weighted by atomic mass is 10.2. The molecule has 0 heterocycles. The fourth-order valence-corrected chi connectivity index (χ4v) is 3.30. The van der Waals surface area contributed by atoms with Crippen molar-refractivity contribution in [2.45, 2.75) is 0 Å². The molecule has 2 aromatic carbocycles. The van der Waals surface area contributed by atoms with Gasteiger partial charge >= 0.3 is 0 Å². The van der Waals surface area contributed by atoms with Crippen LogP contribution in [0.1, 0.15) is 11.1 Å². The zero-order valence-corrected chi connectivity index (χ0v) is 16.1. The Morgan fingerprint density at radius 1 is 0.630 bits per heavy atom. The zero-order chi connectivity index (χ0) is 19.6. The van der Waals surface area contributed by atoms with Crippen molar-refractivity contribution >= 4 is 32.4 Å². The van der Waals surface area contributed by atoms with Crippen LogP contribution in [0.15, 0.2) is 72.8 Å². The third-order valence-corrected chi connectivity index (χ3v) is 5.39. The predicted octanol–water partition coefficient (Wildman–Crippen LogP) is 3.06. The van der Waals surface area contributed by atoms with E-state index in [9.17, 15) is 16.8 Å². The van der Waals surface area contributed by atoms with E-state index in [1.165, 1.54) is 12.2 Å². The summed E-state index contributed by atoms with van der Waals surface area (Å²) in [7, 11) is -7.86. The van der Waals surface area contributed by atoms with E-state index >= 15 is 0 Å². The van der Waals surface area contributed by atoms with Gasteiger partial charge in [0.2, 0.25) is 0 Å². The first-order valence-electron chi connectivity index (χ1n) is 8.04. The molecule has 0 N–H and O–H groups in total. The molecule has 0 aliphatic carbocycles. The largest absolute Gasteiger partial charge is 0.273 e. The van der Waals surface area contributed by atoms with E-state index in [1.807, 2.05) is 60.7 Å². The molecule has 0 radical (unpaired) electrons. The monoisotopic (exact) mass is 408 g/mol. The Morgan fingerprint density at radius 2 is 1.00 bits per heavy atom. The minimum Gasteiger partial charge on any atom is -0.240 e. The first-order valence-corrected chi connectivity index (χ1v) is 11.2. The van der Waals surface area contributed by atoms with Crippen molar-refractivity contribution in [3.63, 3.8) is 0 Å². The molecule has 27 heavy (non-hydrogen) atoms. The van der Waals surface area contributed by atoms with Crippen LogP contribution < -0.4 is 0 Å². The molecule has 0 atom stereocenters. The summed E-state index contributed by atoms with van der Waals surface area (Å²) in [6.45, 7) is -0.886. The zero-order valence-electron chi connectivity index (χ0n) is 14.5. The van der Waals surface area contributed by atoms with Gasteiger partial charge < -0.3 is 0 Å². The molecule has 0 aromatic heterocycles. The number of benzene rings is 2. The molecule has 144 valence electrons. The minimum absolute atomic E-state index is 0.390. The van der Waals surface area contributed by atoms with Crippen LogP contribution in [-0.4, -0.2) is 35.1 Å². The van der Waals surface area contributed by atoms with Gasteiger partial charge in [-0.3, -0.25) is 0 Å². The normalized spacial score (nSPS) is 12.7. The first kappa shape index (κ1) is 21.0. The van der Waals surface area contributed by atoms with E-state index in [-0.39, 0.29) is 11.5 Å². The summed E-state index contributed by atoms with van der Waals surface area (Å²) in [5.74, 6) is -0.779. The Balaban J connectivity index is 1.76. The highest BCUT2D eigenvalue weighted by molar-refractivity contribution is 7.87. The summed E-state index contributed by atoms with van der Waals surface area (Å²) < 4.78 is 56.1. The summed E-state index contributed by atoms with van der Waals surface area (Å²) in [5, 5.41) is 0. The molecule has 2 rings (SSSR count). The van der Waals surface area contributed by atoms with E-state index in [2.05, 4.69) is 8.37 Å². The van der Waals surface area contributed by atoms with E-state index in [4.69, 9.17) is 0 Å². The number of hydrogen-bond donors (Lipinski definition) is 0. The van der Waals surface area contributed by atoms with Gasteiger partial charge in [-0.15, -0.1) is 0 Å². The topological polar surface area (TPSA) is 86.7 Å². The Bertz CT molecular complexity index is 882. The highest BCUT2D eigenvalue weighted by atomic mass is 32.2. The Hall–Kier alpha value is -2.26. The molecule has 0 aliphatic rings. The highest BCUT2D eigenvalue weighted by Gasteiger charge is 2.14. The second-order valence-corrected chi connectivity index (χ2v) is 8.80. The summed E-state index contributed by atoms with van der Waals surface area (Å²) in [6, 6.07) is 18.3. The molecule has 6 nitrogen and oxygen atoms in total. The Kier molecular flexibility index (Phi) is 7.93. The van der Waals surface area contributed by atoms with Crippen molar-refractivity contribution in [3.8, 4) is 0 Å². The van der Waals surface area contributed by atoms with Gasteiger partial charge in [0.1, 0.15) is 0 Å². The average Bonchev–Trinajstić information content (AvgIpc) is 2.63. The summed E-state index contributed by atoms with van der Waals surface area (Å²) >= 11 is 0. The number of rotatable bonds is 10. The van der Waals surface area contributed by atoms with Gasteiger partial charge in [0.05, 0.1) is 11.5 Å². The fourth-order valence-electron chi connectivity index (χ4n) is 1.99. The Labute approximate surface area is 160 Å². The molecule has 0 aliphatic heterocycles. The molecule has 0 amide bonds. The molecule has 0 saturated carbocycles. The fraction of sp³-hybridized carbons (Fsp3) is 0.158. The predicted molar refractivity (Wildman–Crippen MR) is 106 cm³/mol. The van der Waals surface area contributed by atoms with Crippen molar-refractivity contribution in [1.82, 2.24) is 0 Å². The standard InChI is InChI=1S/C19H20O6S2/c20-26(21,15-7-13-18-9-3-1-4-10-18)24-17-25-27(22,23)16-8-14-19-11-5-2-6-12-19/h1-14H,15-17H2/b13-7+,14-8+. The molecule has 0 saturated heterocycles. The van der Waals surface area contributed by atoms with Crippen LogP contribution in [0.2, 0.25) is 0 Å². The van der Waals surface area contributed by atoms with Crippen LogP contribution in [0, 0.1) is 0 Å². The van der Waals surface area contributed by atoms with Gasteiger partial charge in [-0.1, -0.05) is 85.0 Å². The third kappa shape index (κ3) is 8.78. The van der Waals surface area contributed by atoms with Gasteiger partial charge in [-0.25, -0.2) is 8.37 Å². The summed E-state index contributed by atoms with van der Waals surface area (Å²) in [6.07, 6.45) is 6.10. The van der Waals surface area contributed by atoms with Crippen molar-refractivity contribution in [2.24, 2.45) is 0 Å². The summed E-state index contributed by atoms with van der Waals surface area (Å²) in [4.78, 5) is 0. The number of hydrogen-bond acceptors (Lipinski definition) is 6. The van der Waals surface area contributed by atoms with Crippen LogP contribution in [0.25, 0.3) is 12.2 Å². The van der Waals surface area contributed by atoms with E-state index in [1.54, 1.807) is 12.2 Å². The molecular formula is C19H20O6S2. The molecular weight excluding hydrogens is 388 g/mol. The van der Waals surface area contributed by atoms with Crippen LogP contribution in [0.4, 0.5) is 0 Å². The van der Waals surface area contributed by atoms with E-state index in [0.717, 1.165) is 11.1 Å². The summed E-state index contributed by atoms with van der Waals surface area (Å²) in [5.41, 5.74) is 1.69. The molecule has 0 unspecified atom stereocenters. The van der Waals surface area contributed by atoms with Gasteiger partial charge in [0, 0.05) is 0 Å². The minimum atomic E-state index is -3.93. The maximum atomic E-state index is 11.7. The van der Waals surface area contributed by atoms with Gasteiger partial charge in [0.25, 0.3) is 20.2 Å². The molecule has 0 spiro atoms. The van der Waals surface area contributed by atoms with Crippen LogP contribution >= 0.6 is 0 Å². The lowest BCUT2D eigenvalue weighted by Crippen LogP contribution is -2.16. The first-order chi connectivity index (χ1) is 12.9. The lowest BCUT2D eigenvalue weighted by molar-refractivity contribution is 0.133. The second kappa shape index (κ2) is 10.2. The highest BCUT2D eigenvalue weighted by Crippen LogP contribution is 2.05. The maximum Gasteiger partial charge on any atom is 0.273 e. The van der Waals surface area contributed by atoms with E-state index < -0.39 is 27.0 Å². The third-order valence-electron chi connectivity index (χ3n) is 3.28.